The van der Waals surface area contributed by atoms with Gasteiger partial charge in [-0.2, -0.15) is 0 Å². The van der Waals surface area contributed by atoms with E-state index in [0.29, 0.717) is 0 Å². The van der Waals surface area contributed by atoms with Crippen molar-refractivity contribution in [3.8, 4) is 0 Å². The van der Waals surface area contributed by atoms with Crippen LogP contribution in [0.5, 0.6) is 0 Å². The Morgan fingerprint density at radius 3 is 1.54 bits per heavy atom. The van der Waals surface area contributed by atoms with Gasteiger partial charge in [0.2, 0.25) is 0 Å². The standard InChI is InChI=1S/3C7H10N.2HI/c1-7-3-5-8(2)6-4-7;1-7-4-3-5-8(2)6-7;1-7-5-3-4-6-8(7)2;;/h3*3-6H,1-2H3;2*1H/q3*+1;;/p-2. The maximum atomic E-state index is 2.08. The van der Waals surface area contributed by atoms with Crippen LogP contribution in [0.3, 0.4) is 0 Å². The number of hydrogen-bond donors (Lipinski definition) is 0. The van der Waals surface area contributed by atoms with Crippen molar-refractivity contribution in [2.45, 2.75) is 20.8 Å². The molecule has 0 atom stereocenters. The molecule has 5 heteroatoms. The van der Waals surface area contributed by atoms with Gasteiger partial charge in [0.1, 0.15) is 21.1 Å². The first-order chi connectivity index (χ1) is 11.4. The van der Waals surface area contributed by atoms with E-state index in [4.69, 9.17) is 0 Å². The van der Waals surface area contributed by atoms with Gasteiger partial charge in [0, 0.05) is 42.8 Å². The van der Waals surface area contributed by atoms with Crippen molar-refractivity contribution in [3.63, 3.8) is 0 Å². The summed E-state index contributed by atoms with van der Waals surface area (Å²) in [6.07, 6.45) is 10.2. The van der Waals surface area contributed by atoms with Crippen LogP contribution in [0.1, 0.15) is 16.8 Å². The molecule has 0 saturated carbocycles. The first-order valence-electron chi connectivity index (χ1n) is 8.13. The molecule has 0 aliphatic rings. The predicted octanol–water partition coefficient (Wildman–Crippen LogP) is -3.53. The first kappa shape index (κ1) is 27.1. The predicted molar refractivity (Wildman–Crippen MR) is 97.1 cm³/mol. The lowest BCUT2D eigenvalue weighted by Crippen LogP contribution is -3.00. The molecule has 3 nitrogen and oxygen atoms in total. The lowest BCUT2D eigenvalue weighted by Gasteiger charge is -1.87. The van der Waals surface area contributed by atoms with Crippen molar-refractivity contribution in [3.05, 3.63) is 90.3 Å². The molecule has 0 unspecified atom stereocenters. The van der Waals surface area contributed by atoms with Gasteiger partial charge in [-0.3, -0.25) is 0 Å². The average molecular weight is 578 g/mol. The van der Waals surface area contributed by atoms with E-state index in [-0.39, 0.29) is 48.0 Å². The van der Waals surface area contributed by atoms with Crippen LogP contribution in [-0.2, 0) is 21.1 Å². The van der Waals surface area contributed by atoms with Crippen LogP contribution < -0.4 is 61.7 Å². The Morgan fingerprint density at radius 1 is 0.577 bits per heavy atom. The molecule has 0 spiro atoms. The third kappa shape index (κ3) is 12.3. The summed E-state index contributed by atoms with van der Waals surface area (Å²) in [4.78, 5) is 0. The number of aryl methyl sites for hydroxylation is 6. The molecular formula is C21H30I2N3+. The van der Waals surface area contributed by atoms with Crippen LogP contribution in [0.4, 0.5) is 0 Å². The van der Waals surface area contributed by atoms with Gasteiger partial charge < -0.3 is 48.0 Å². The second-order valence-corrected chi connectivity index (χ2v) is 6.04. The Balaban J connectivity index is 0. The highest BCUT2D eigenvalue weighted by Crippen LogP contribution is 1.88. The Hall–Kier alpha value is -1.09. The highest BCUT2D eigenvalue weighted by atomic mass is 127. The van der Waals surface area contributed by atoms with Crippen molar-refractivity contribution in [2.75, 3.05) is 0 Å². The molecule has 0 saturated heterocycles. The first-order valence-corrected chi connectivity index (χ1v) is 8.13. The van der Waals surface area contributed by atoms with E-state index in [1.54, 1.807) is 0 Å². The molecule has 142 valence electrons. The highest BCUT2D eigenvalue weighted by Gasteiger charge is 1.91. The molecule has 0 amide bonds. The van der Waals surface area contributed by atoms with Crippen molar-refractivity contribution in [2.24, 2.45) is 21.1 Å². The number of nitrogens with zero attached hydrogens (tertiary/aromatic N) is 3. The summed E-state index contributed by atoms with van der Waals surface area (Å²) in [5.74, 6) is 0. The molecule has 0 fully saturated rings. The van der Waals surface area contributed by atoms with E-state index >= 15 is 0 Å². The second kappa shape index (κ2) is 15.0. The minimum absolute atomic E-state index is 0. The van der Waals surface area contributed by atoms with Gasteiger partial charge in [-0.05, 0) is 25.5 Å². The minimum Gasteiger partial charge on any atom is -1.00 e. The summed E-state index contributed by atoms with van der Waals surface area (Å²) in [5, 5.41) is 0. The SMILES string of the molecule is Cc1cc[n+](C)cc1.Cc1ccc[n+](C)c1.Cc1cccc[n+]1C.[I-].[I-]. The second-order valence-electron chi connectivity index (χ2n) is 6.04. The van der Waals surface area contributed by atoms with E-state index in [2.05, 4.69) is 55.8 Å². The smallest absolute Gasteiger partial charge is 0.177 e. The Kier molecular flexibility index (Phi) is 15.7. The van der Waals surface area contributed by atoms with Gasteiger partial charge in [0.25, 0.3) is 0 Å². The minimum atomic E-state index is 0. The Morgan fingerprint density at radius 2 is 1.19 bits per heavy atom. The van der Waals surface area contributed by atoms with Crippen molar-refractivity contribution >= 4 is 0 Å². The van der Waals surface area contributed by atoms with Crippen LogP contribution >= 0.6 is 0 Å². The van der Waals surface area contributed by atoms with Gasteiger partial charge in [-0.15, -0.1) is 0 Å². The summed E-state index contributed by atoms with van der Waals surface area (Å²) in [7, 11) is 6.07. The summed E-state index contributed by atoms with van der Waals surface area (Å²) in [6.45, 7) is 6.25. The molecule has 3 aromatic rings. The van der Waals surface area contributed by atoms with Crippen LogP contribution in [0, 0.1) is 20.8 Å². The van der Waals surface area contributed by atoms with Crippen LogP contribution in [0.25, 0.3) is 0 Å². The zero-order valence-corrected chi connectivity index (χ0v) is 20.8. The lowest BCUT2D eigenvalue weighted by molar-refractivity contribution is -0.677. The molecule has 0 N–H and O–H groups in total. The Labute approximate surface area is 192 Å². The molecule has 3 rings (SSSR count). The van der Waals surface area contributed by atoms with E-state index in [1.807, 2.05) is 73.3 Å². The van der Waals surface area contributed by atoms with Crippen LogP contribution in [0.15, 0.2) is 73.4 Å². The molecule has 0 radical (unpaired) electrons. The van der Waals surface area contributed by atoms with Gasteiger partial charge >= 0.3 is 0 Å². The van der Waals surface area contributed by atoms with E-state index < -0.39 is 0 Å². The van der Waals surface area contributed by atoms with Crippen LogP contribution in [-0.4, -0.2) is 0 Å². The quantitative estimate of drug-likeness (QED) is 0.194. The lowest BCUT2D eigenvalue weighted by atomic mass is 10.3. The molecule has 3 aromatic heterocycles. The fourth-order valence-corrected chi connectivity index (χ4v) is 1.92. The molecule has 3 heterocycles. The number of aromatic nitrogens is 3. The molecular weight excluding hydrogens is 548 g/mol. The fraction of sp³-hybridized carbons (Fsp3) is 0.286. The maximum absolute atomic E-state index is 2.08. The number of rotatable bonds is 0. The monoisotopic (exact) mass is 578 g/mol. The van der Waals surface area contributed by atoms with Crippen molar-refractivity contribution in [1.82, 2.24) is 0 Å². The fourth-order valence-electron chi connectivity index (χ4n) is 1.92. The average Bonchev–Trinajstić information content (AvgIpc) is 2.54. The van der Waals surface area contributed by atoms with Gasteiger partial charge in [0.15, 0.2) is 36.7 Å². The third-order valence-electron chi connectivity index (χ3n) is 3.55. The third-order valence-corrected chi connectivity index (χ3v) is 3.55. The molecule has 26 heavy (non-hydrogen) atoms. The maximum Gasteiger partial charge on any atom is 0.177 e. The number of halogens is 2. The summed E-state index contributed by atoms with van der Waals surface area (Å²) in [6, 6.07) is 14.4. The molecule has 0 aliphatic heterocycles. The number of hydrogen-bond acceptors (Lipinski definition) is 0. The zero-order chi connectivity index (χ0) is 17.9. The zero-order valence-electron chi connectivity index (χ0n) is 16.5. The normalized spacial score (nSPS) is 8.54. The van der Waals surface area contributed by atoms with Gasteiger partial charge in [0.05, 0.1) is 0 Å². The largest absolute Gasteiger partial charge is 1.00 e. The van der Waals surface area contributed by atoms with E-state index in [0.717, 1.165) is 0 Å². The summed E-state index contributed by atoms with van der Waals surface area (Å²) >= 11 is 0. The molecule has 0 aromatic carbocycles. The number of pyridine rings is 3. The Bertz CT molecular complexity index is 685. The van der Waals surface area contributed by atoms with Crippen LogP contribution in [0.2, 0.25) is 0 Å². The topological polar surface area (TPSA) is 11.6 Å². The van der Waals surface area contributed by atoms with Crippen molar-refractivity contribution < 1.29 is 61.7 Å². The van der Waals surface area contributed by atoms with Gasteiger partial charge in [-0.25, -0.2) is 13.7 Å². The molecule has 0 bridgehead atoms. The summed E-state index contributed by atoms with van der Waals surface area (Å²) in [5.41, 5.74) is 3.89. The molecule has 0 aliphatic carbocycles. The van der Waals surface area contributed by atoms with Gasteiger partial charge in [-0.1, -0.05) is 6.07 Å². The van der Waals surface area contributed by atoms with E-state index in [1.165, 1.54) is 16.8 Å². The van der Waals surface area contributed by atoms with Crippen molar-refractivity contribution in [1.29, 1.82) is 0 Å². The van der Waals surface area contributed by atoms with E-state index in [9.17, 15) is 0 Å². The summed E-state index contributed by atoms with van der Waals surface area (Å²) < 4.78 is 6.14. The highest BCUT2D eigenvalue weighted by molar-refractivity contribution is 5.03.